The SMILES string of the molecule is CCS(=O)(=O)N1CC[C@@H]2CO[C@@H](CN(C)C)[C@@H]2C1. The Balaban J connectivity index is 2.05. The Kier molecular flexibility index (Phi) is 4.31. The van der Waals surface area contributed by atoms with Crippen molar-refractivity contribution in [2.75, 3.05) is 46.1 Å². The van der Waals surface area contributed by atoms with Crippen molar-refractivity contribution in [1.29, 1.82) is 0 Å². The zero-order chi connectivity index (χ0) is 13.3. The molecule has 106 valence electrons. The van der Waals surface area contributed by atoms with Gasteiger partial charge in [0, 0.05) is 25.6 Å². The number of nitrogens with zero attached hydrogens (tertiary/aromatic N) is 2. The van der Waals surface area contributed by atoms with E-state index in [0.717, 1.165) is 19.6 Å². The largest absolute Gasteiger partial charge is 0.376 e. The normalized spacial score (nSPS) is 33.9. The van der Waals surface area contributed by atoms with Gasteiger partial charge in [0.1, 0.15) is 0 Å². The standard InChI is InChI=1S/C12H24N2O3S/c1-4-18(15,16)14-6-5-10-9-17-12(8-13(2)3)11(10)7-14/h10-12H,4-9H2,1-3H3/t10-,11-,12+/m1/s1. The maximum Gasteiger partial charge on any atom is 0.213 e. The van der Waals surface area contributed by atoms with Crippen molar-refractivity contribution >= 4 is 10.0 Å². The maximum absolute atomic E-state index is 11.9. The van der Waals surface area contributed by atoms with Gasteiger partial charge in [0.15, 0.2) is 0 Å². The Morgan fingerprint density at radius 1 is 1.39 bits per heavy atom. The lowest BCUT2D eigenvalue weighted by atomic mass is 9.85. The molecule has 0 amide bonds. The summed E-state index contributed by atoms with van der Waals surface area (Å²) in [6.07, 6.45) is 1.12. The number of fused-ring (bicyclic) bond motifs is 1. The van der Waals surface area contributed by atoms with Crippen LogP contribution in [-0.2, 0) is 14.8 Å². The van der Waals surface area contributed by atoms with Gasteiger partial charge in [-0.3, -0.25) is 0 Å². The first-order valence-corrected chi connectivity index (χ1v) is 8.29. The van der Waals surface area contributed by atoms with Crippen LogP contribution in [0.4, 0.5) is 0 Å². The highest BCUT2D eigenvalue weighted by Gasteiger charge is 2.43. The minimum atomic E-state index is -3.05. The highest BCUT2D eigenvalue weighted by Crippen LogP contribution is 2.35. The molecule has 2 saturated heterocycles. The third kappa shape index (κ3) is 2.87. The number of rotatable bonds is 4. The molecule has 2 aliphatic heterocycles. The van der Waals surface area contributed by atoms with Crippen molar-refractivity contribution in [1.82, 2.24) is 9.21 Å². The van der Waals surface area contributed by atoms with E-state index in [0.29, 0.717) is 24.9 Å². The Labute approximate surface area is 110 Å². The molecule has 0 aromatic carbocycles. The quantitative estimate of drug-likeness (QED) is 0.738. The summed E-state index contributed by atoms with van der Waals surface area (Å²) >= 11 is 0. The highest BCUT2D eigenvalue weighted by atomic mass is 32.2. The molecule has 18 heavy (non-hydrogen) atoms. The second-order valence-corrected chi connectivity index (χ2v) is 7.86. The van der Waals surface area contributed by atoms with Crippen molar-refractivity contribution in [2.24, 2.45) is 11.8 Å². The van der Waals surface area contributed by atoms with Gasteiger partial charge in [0.05, 0.1) is 18.5 Å². The average Bonchev–Trinajstić information content (AvgIpc) is 2.71. The lowest BCUT2D eigenvalue weighted by Gasteiger charge is -2.35. The van der Waals surface area contributed by atoms with Crippen LogP contribution in [-0.4, -0.2) is 69.8 Å². The fourth-order valence-corrected chi connectivity index (χ4v) is 4.13. The summed E-state index contributed by atoms with van der Waals surface area (Å²) in [5.41, 5.74) is 0. The van der Waals surface area contributed by atoms with Crippen LogP contribution in [0.3, 0.4) is 0 Å². The number of hydrogen-bond donors (Lipinski definition) is 0. The Bertz CT molecular complexity index is 383. The minimum Gasteiger partial charge on any atom is -0.376 e. The summed E-state index contributed by atoms with van der Waals surface area (Å²) in [6, 6.07) is 0. The zero-order valence-electron chi connectivity index (χ0n) is 11.5. The van der Waals surface area contributed by atoms with E-state index in [4.69, 9.17) is 4.74 Å². The fourth-order valence-electron chi connectivity index (χ4n) is 2.98. The van der Waals surface area contributed by atoms with E-state index >= 15 is 0 Å². The second kappa shape index (κ2) is 5.45. The average molecular weight is 276 g/mol. The molecule has 2 aliphatic rings. The molecule has 0 bridgehead atoms. The smallest absolute Gasteiger partial charge is 0.213 e. The monoisotopic (exact) mass is 276 g/mol. The number of piperidine rings is 1. The molecule has 3 atom stereocenters. The van der Waals surface area contributed by atoms with Crippen LogP contribution < -0.4 is 0 Å². The summed E-state index contributed by atoms with van der Waals surface area (Å²) in [5, 5.41) is 0. The molecule has 0 aromatic heterocycles. The van der Waals surface area contributed by atoms with E-state index in [-0.39, 0.29) is 11.9 Å². The van der Waals surface area contributed by atoms with Gasteiger partial charge >= 0.3 is 0 Å². The number of sulfonamides is 1. The van der Waals surface area contributed by atoms with Gasteiger partial charge in [-0.15, -0.1) is 0 Å². The molecule has 0 aromatic rings. The molecule has 2 fully saturated rings. The fraction of sp³-hybridized carbons (Fsp3) is 1.00. The minimum absolute atomic E-state index is 0.180. The number of likely N-dealkylation sites (N-methyl/N-ethyl adjacent to an activating group) is 1. The van der Waals surface area contributed by atoms with Crippen LogP contribution in [0.15, 0.2) is 0 Å². The lowest BCUT2D eigenvalue weighted by Crippen LogP contribution is -2.47. The van der Waals surface area contributed by atoms with Gasteiger partial charge in [0.2, 0.25) is 10.0 Å². The molecule has 0 spiro atoms. The Morgan fingerprint density at radius 2 is 2.11 bits per heavy atom. The topological polar surface area (TPSA) is 49.9 Å². The molecule has 2 heterocycles. The van der Waals surface area contributed by atoms with E-state index in [1.165, 1.54) is 0 Å². The molecular weight excluding hydrogens is 252 g/mol. The Morgan fingerprint density at radius 3 is 2.72 bits per heavy atom. The predicted molar refractivity (Wildman–Crippen MR) is 70.9 cm³/mol. The lowest BCUT2D eigenvalue weighted by molar-refractivity contribution is 0.0638. The summed E-state index contributed by atoms with van der Waals surface area (Å²) in [6.45, 7) is 4.68. The molecule has 0 unspecified atom stereocenters. The summed E-state index contributed by atoms with van der Waals surface area (Å²) < 4.78 is 31.4. The third-order valence-electron chi connectivity index (χ3n) is 4.07. The van der Waals surface area contributed by atoms with Crippen molar-refractivity contribution in [3.63, 3.8) is 0 Å². The van der Waals surface area contributed by atoms with Crippen LogP contribution in [0.25, 0.3) is 0 Å². The molecule has 2 rings (SSSR count). The van der Waals surface area contributed by atoms with Crippen molar-refractivity contribution in [3.8, 4) is 0 Å². The molecule has 0 radical (unpaired) electrons. The van der Waals surface area contributed by atoms with E-state index < -0.39 is 10.0 Å². The first-order chi connectivity index (χ1) is 8.44. The van der Waals surface area contributed by atoms with E-state index in [9.17, 15) is 8.42 Å². The van der Waals surface area contributed by atoms with Gasteiger partial charge in [-0.25, -0.2) is 12.7 Å². The van der Waals surface area contributed by atoms with Gasteiger partial charge in [-0.2, -0.15) is 0 Å². The highest BCUT2D eigenvalue weighted by molar-refractivity contribution is 7.89. The summed E-state index contributed by atoms with van der Waals surface area (Å²) in [5.74, 6) is 1.10. The first-order valence-electron chi connectivity index (χ1n) is 6.68. The second-order valence-electron chi connectivity index (χ2n) is 5.61. The van der Waals surface area contributed by atoms with Crippen LogP contribution >= 0.6 is 0 Å². The Hall–Kier alpha value is -0.170. The summed E-state index contributed by atoms with van der Waals surface area (Å²) in [7, 11) is 1.01. The predicted octanol–water partition coefficient (Wildman–Crippen LogP) is 0.235. The van der Waals surface area contributed by atoms with E-state index in [2.05, 4.69) is 4.90 Å². The summed E-state index contributed by atoms with van der Waals surface area (Å²) in [4.78, 5) is 2.11. The van der Waals surface area contributed by atoms with Crippen molar-refractivity contribution < 1.29 is 13.2 Å². The molecule has 0 saturated carbocycles. The first kappa shape index (κ1) is 14.2. The van der Waals surface area contributed by atoms with Crippen LogP contribution in [0.5, 0.6) is 0 Å². The number of ether oxygens (including phenoxy) is 1. The maximum atomic E-state index is 11.9. The van der Waals surface area contributed by atoms with Crippen LogP contribution in [0.1, 0.15) is 13.3 Å². The molecule has 5 nitrogen and oxygen atoms in total. The molecular formula is C12H24N2O3S. The van der Waals surface area contributed by atoms with E-state index in [1.807, 2.05) is 14.1 Å². The van der Waals surface area contributed by atoms with Crippen molar-refractivity contribution in [2.45, 2.75) is 19.4 Å². The van der Waals surface area contributed by atoms with Gasteiger partial charge < -0.3 is 9.64 Å². The van der Waals surface area contributed by atoms with Crippen LogP contribution in [0, 0.1) is 11.8 Å². The molecule has 6 heteroatoms. The van der Waals surface area contributed by atoms with Crippen molar-refractivity contribution in [3.05, 3.63) is 0 Å². The molecule has 0 N–H and O–H groups in total. The van der Waals surface area contributed by atoms with Crippen LogP contribution in [0.2, 0.25) is 0 Å². The van der Waals surface area contributed by atoms with Gasteiger partial charge in [-0.05, 0) is 33.4 Å². The zero-order valence-corrected chi connectivity index (χ0v) is 12.3. The van der Waals surface area contributed by atoms with Gasteiger partial charge in [0.25, 0.3) is 0 Å². The van der Waals surface area contributed by atoms with E-state index in [1.54, 1.807) is 11.2 Å². The number of hydrogen-bond acceptors (Lipinski definition) is 4. The third-order valence-corrected chi connectivity index (χ3v) is 5.92. The molecule has 0 aliphatic carbocycles. The van der Waals surface area contributed by atoms with Gasteiger partial charge in [-0.1, -0.05) is 0 Å².